The molecule has 0 heterocycles. The summed E-state index contributed by atoms with van der Waals surface area (Å²) in [7, 11) is 1.54. The molecule has 1 aromatic rings. The molecule has 0 aliphatic rings. The van der Waals surface area contributed by atoms with Crippen LogP contribution in [0.4, 0.5) is 13.2 Å². The molecule has 0 spiro atoms. The average Bonchev–Trinajstić information content (AvgIpc) is 2.44. The van der Waals surface area contributed by atoms with Crippen LogP contribution >= 0.6 is 0 Å². The van der Waals surface area contributed by atoms with Gasteiger partial charge in [0.1, 0.15) is 24.7 Å². The van der Waals surface area contributed by atoms with Gasteiger partial charge in [0.2, 0.25) is 0 Å². The summed E-state index contributed by atoms with van der Waals surface area (Å²) in [5, 5.41) is 3.16. The van der Waals surface area contributed by atoms with Gasteiger partial charge in [0.05, 0.1) is 13.7 Å². The second-order valence-corrected chi connectivity index (χ2v) is 4.27. The van der Waals surface area contributed by atoms with Gasteiger partial charge in [-0.1, -0.05) is 13.0 Å². The molecule has 1 aromatic carbocycles. The number of alkyl halides is 3. The Bertz CT molecular complexity index is 424. The number of rotatable bonds is 9. The third kappa shape index (κ3) is 7.19. The number of hydrogen-bond donors (Lipinski definition) is 1. The van der Waals surface area contributed by atoms with E-state index in [2.05, 4.69) is 10.1 Å². The van der Waals surface area contributed by atoms with E-state index in [-0.39, 0.29) is 13.2 Å². The predicted octanol–water partition coefficient (Wildman–Crippen LogP) is 2.76. The van der Waals surface area contributed by atoms with Gasteiger partial charge in [0, 0.05) is 18.2 Å². The Morgan fingerprint density at radius 1 is 1.19 bits per heavy atom. The Balaban J connectivity index is 2.50. The third-order valence-corrected chi connectivity index (χ3v) is 2.59. The summed E-state index contributed by atoms with van der Waals surface area (Å²) in [6.07, 6.45) is -4.31. The quantitative estimate of drug-likeness (QED) is 0.712. The maximum Gasteiger partial charge on any atom is 0.411 e. The third-order valence-electron chi connectivity index (χ3n) is 2.59. The number of benzene rings is 1. The van der Waals surface area contributed by atoms with Crippen LogP contribution in [0.3, 0.4) is 0 Å². The van der Waals surface area contributed by atoms with E-state index in [4.69, 9.17) is 9.47 Å². The largest absolute Gasteiger partial charge is 0.497 e. The SMILES string of the molecule is CCNCc1ccc(OC)cc1OCCOCC(F)(F)F. The van der Waals surface area contributed by atoms with E-state index in [1.807, 2.05) is 13.0 Å². The molecule has 0 saturated carbocycles. The van der Waals surface area contributed by atoms with Crippen LogP contribution in [0, 0.1) is 0 Å². The molecule has 21 heavy (non-hydrogen) atoms. The Hall–Kier alpha value is -1.47. The Kier molecular flexibility index (Phi) is 7.31. The van der Waals surface area contributed by atoms with Crippen molar-refractivity contribution in [2.45, 2.75) is 19.6 Å². The van der Waals surface area contributed by atoms with Crippen LogP contribution in [-0.2, 0) is 11.3 Å². The van der Waals surface area contributed by atoms with E-state index in [9.17, 15) is 13.2 Å². The highest BCUT2D eigenvalue weighted by Gasteiger charge is 2.27. The molecule has 1 N–H and O–H groups in total. The monoisotopic (exact) mass is 307 g/mol. The lowest BCUT2D eigenvalue weighted by atomic mass is 10.2. The first-order valence-corrected chi connectivity index (χ1v) is 6.61. The number of hydrogen-bond acceptors (Lipinski definition) is 4. The van der Waals surface area contributed by atoms with Gasteiger partial charge in [-0.25, -0.2) is 0 Å². The molecule has 0 aliphatic carbocycles. The van der Waals surface area contributed by atoms with Gasteiger partial charge >= 0.3 is 6.18 Å². The summed E-state index contributed by atoms with van der Waals surface area (Å²) < 4.78 is 50.8. The van der Waals surface area contributed by atoms with Crippen LogP contribution in [0.5, 0.6) is 11.5 Å². The fourth-order valence-electron chi connectivity index (χ4n) is 1.60. The minimum atomic E-state index is -4.31. The molecule has 0 saturated heterocycles. The van der Waals surface area contributed by atoms with Crippen molar-refractivity contribution < 1.29 is 27.4 Å². The summed E-state index contributed by atoms with van der Waals surface area (Å²) in [6, 6.07) is 5.36. The van der Waals surface area contributed by atoms with Crippen molar-refractivity contribution in [2.24, 2.45) is 0 Å². The summed E-state index contributed by atoms with van der Waals surface area (Å²) in [6.45, 7) is 2.05. The van der Waals surface area contributed by atoms with E-state index in [1.165, 1.54) is 7.11 Å². The fraction of sp³-hybridized carbons (Fsp3) is 0.571. The molecule has 0 aromatic heterocycles. The zero-order valence-corrected chi connectivity index (χ0v) is 12.1. The molecule has 120 valence electrons. The van der Waals surface area contributed by atoms with Gasteiger partial charge < -0.3 is 19.5 Å². The molecule has 1 rings (SSSR count). The smallest absolute Gasteiger partial charge is 0.411 e. The summed E-state index contributed by atoms with van der Waals surface area (Å²) in [5.41, 5.74) is 0.911. The van der Waals surface area contributed by atoms with E-state index < -0.39 is 12.8 Å². The molecule has 4 nitrogen and oxygen atoms in total. The molecule has 0 aliphatic heterocycles. The van der Waals surface area contributed by atoms with E-state index in [0.29, 0.717) is 18.0 Å². The van der Waals surface area contributed by atoms with E-state index in [1.54, 1.807) is 12.1 Å². The summed E-state index contributed by atoms with van der Waals surface area (Å²) in [4.78, 5) is 0. The molecule has 0 atom stereocenters. The minimum absolute atomic E-state index is 0.0440. The predicted molar refractivity (Wildman–Crippen MR) is 72.7 cm³/mol. The molecular weight excluding hydrogens is 287 g/mol. The van der Waals surface area contributed by atoms with Crippen molar-refractivity contribution in [1.29, 1.82) is 0 Å². The van der Waals surface area contributed by atoms with Crippen LogP contribution in [0.1, 0.15) is 12.5 Å². The van der Waals surface area contributed by atoms with Crippen LogP contribution in [-0.4, -0.2) is 39.7 Å². The first-order valence-electron chi connectivity index (χ1n) is 6.61. The normalized spacial score (nSPS) is 11.5. The number of nitrogens with one attached hydrogen (secondary N) is 1. The number of halogens is 3. The van der Waals surface area contributed by atoms with Crippen molar-refractivity contribution in [3.8, 4) is 11.5 Å². The van der Waals surface area contributed by atoms with Crippen LogP contribution in [0.2, 0.25) is 0 Å². The van der Waals surface area contributed by atoms with Gasteiger partial charge in [0.25, 0.3) is 0 Å². The van der Waals surface area contributed by atoms with Gasteiger partial charge in [-0.05, 0) is 12.6 Å². The van der Waals surface area contributed by atoms with Gasteiger partial charge in [0.15, 0.2) is 0 Å². The highest BCUT2D eigenvalue weighted by molar-refractivity contribution is 5.40. The molecule has 0 amide bonds. The Morgan fingerprint density at radius 2 is 1.95 bits per heavy atom. The lowest BCUT2D eigenvalue weighted by Gasteiger charge is -2.14. The molecule has 0 bridgehead atoms. The second-order valence-electron chi connectivity index (χ2n) is 4.27. The lowest BCUT2D eigenvalue weighted by Crippen LogP contribution is -2.20. The lowest BCUT2D eigenvalue weighted by molar-refractivity contribution is -0.175. The van der Waals surface area contributed by atoms with Crippen LogP contribution in [0.25, 0.3) is 0 Å². The first-order chi connectivity index (χ1) is 9.96. The highest BCUT2D eigenvalue weighted by atomic mass is 19.4. The summed E-state index contributed by atoms with van der Waals surface area (Å²) >= 11 is 0. The zero-order valence-electron chi connectivity index (χ0n) is 12.1. The number of methoxy groups -OCH3 is 1. The van der Waals surface area contributed by atoms with E-state index >= 15 is 0 Å². The maximum atomic E-state index is 11.9. The van der Waals surface area contributed by atoms with Crippen LogP contribution < -0.4 is 14.8 Å². The topological polar surface area (TPSA) is 39.7 Å². The van der Waals surface area contributed by atoms with Crippen molar-refractivity contribution in [2.75, 3.05) is 33.5 Å². The van der Waals surface area contributed by atoms with Gasteiger partial charge in [-0.2, -0.15) is 13.2 Å². The molecular formula is C14H20F3NO3. The number of ether oxygens (including phenoxy) is 3. The van der Waals surface area contributed by atoms with Crippen molar-refractivity contribution in [1.82, 2.24) is 5.32 Å². The Morgan fingerprint density at radius 3 is 2.57 bits per heavy atom. The minimum Gasteiger partial charge on any atom is -0.497 e. The van der Waals surface area contributed by atoms with Gasteiger partial charge in [-0.15, -0.1) is 0 Å². The Labute approximate surface area is 122 Å². The van der Waals surface area contributed by atoms with Crippen molar-refractivity contribution in [3.05, 3.63) is 23.8 Å². The average molecular weight is 307 g/mol. The van der Waals surface area contributed by atoms with Crippen LogP contribution in [0.15, 0.2) is 18.2 Å². The first kappa shape index (κ1) is 17.6. The second kappa shape index (κ2) is 8.74. The van der Waals surface area contributed by atoms with Gasteiger partial charge in [-0.3, -0.25) is 0 Å². The highest BCUT2D eigenvalue weighted by Crippen LogP contribution is 2.25. The molecule has 7 heteroatoms. The molecule has 0 fully saturated rings. The standard InChI is InChI=1S/C14H20F3NO3/c1-3-18-9-11-4-5-12(19-2)8-13(11)21-7-6-20-10-14(15,16)17/h4-5,8,18H,3,6-7,9-10H2,1-2H3. The summed E-state index contributed by atoms with van der Waals surface area (Å²) in [5.74, 6) is 1.20. The van der Waals surface area contributed by atoms with E-state index in [0.717, 1.165) is 12.1 Å². The fourth-order valence-corrected chi connectivity index (χ4v) is 1.60. The maximum absolute atomic E-state index is 11.9. The zero-order chi connectivity index (χ0) is 15.7. The molecule has 0 radical (unpaired) electrons. The van der Waals surface area contributed by atoms with Crippen molar-refractivity contribution >= 4 is 0 Å². The van der Waals surface area contributed by atoms with Crippen molar-refractivity contribution in [3.63, 3.8) is 0 Å². The molecule has 0 unspecified atom stereocenters.